The van der Waals surface area contributed by atoms with Gasteiger partial charge in [0.2, 0.25) is 0 Å². The van der Waals surface area contributed by atoms with E-state index in [0.29, 0.717) is 12.1 Å². The van der Waals surface area contributed by atoms with E-state index in [1.807, 2.05) is 0 Å². The number of amides is 1. The number of carbonyl (C=O) groups is 1. The Morgan fingerprint density at radius 3 is 2.53 bits per heavy atom. The topological polar surface area (TPSA) is 32.3 Å². The zero-order chi connectivity index (χ0) is 14.0. The lowest BCUT2D eigenvalue weighted by molar-refractivity contribution is -0.189. The van der Waals surface area contributed by atoms with E-state index in [0.717, 1.165) is 4.90 Å². The molecule has 0 bridgehead atoms. The molecule has 1 heterocycles. The molecule has 0 radical (unpaired) electrons. The first kappa shape index (κ1) is 13.9. The number of nitrogens with zero attached hydrogens (tertiary/aromatic N) is 1. The summed E-state index contributed by atoms with van der Waals surface area (Å²) in [6.07, 6.45) is -4.83. The van der Waals surface area contributed by atoms with E-state index in [1.54, 1.807) is 37.3 Å². The quantitative estimate of drug-likeness (QED) is 0.849. The number of hydrogen-bond donors (Lipinski definition) is 1. The molecule has 1 amide bonds. The molecule has 0 aliphatic carbocycles. The fourth-order valence-electron chi connectivity index (χ4n) is 2.27. The van der Waals surface area contributed by atoms with Gasteiger partial charge in [-0.05, 0) is 12.5 Å². The summed E-state index contributed by atoms with van der Waals surface area (Å²) in [7, 11) is 0. The number of alkyl halides is 3. The summed E-state index contributed by atoms with van der Waals surface area (Å²) in [6.45, 7) is 2.14. The Balaban J connectivity index is 2.28. The zero-order valence-corrected chi connectivity index (χ0v) is 10.4. The van der Waals surface area contributed by atoms with Crippen molar-refractivity contribution in [3.8, 4) is 0 Å². The Hall–Kier alpha value is -1.56. The van der Waals surface area contributed by atoms with Gasteiger partial charge in [0.1, 0.15) is 0 Å². The Kier molecular flexibility index (Phi) is 3.80. The molecule has 2 unspecified atom stereocenters. The van der Waals surface area contributed by atoms with Crippen molar-refractivity contribution in [3.63, 3.8) is 0 Å². The average molecular weight is 272 g/mol. The Labute approximate surface area is 109 Å². The number of nitrogens with one attached hydrogen (secondary N) is 1. The third-order valence-corrected chi connectivity index (χ3v) is 3.19. The monoisotopic (exact) mass is 272 g/mol. The lowest BCUT2D eigenvalue weighted by atomic mass is 10.0. The van der Waals surface area contributed by atoms with Crippen LogP contribution in [0.15, 0.2) is 30.3 Å². The maximum Gasteiger partial charge on any atom is 0.471 e. The van der Waals surface area contributed by atoms with Gasteiger partial charge in [0.25, 0.3) is 0 Å². The molecule has 2 rings (SSSR count). The molecule has 1 fully saturated rings. The van der Waals surface area contributed by atoms with E-state index in [2.05, 4.69) is 5.32 Å². The molecule has 1 aliphatic heterocycles. The van der Waals surface area contributed by atoms with Gasteiger partial charge in [0, 0.05) is 19.1 Å². The highest BCUT2D eigenvalue weighted by Gasteiger charge is 2.46. The van der Waals surface area contributed by atoms with Crippen molar-refractivity contribution in [2.24, 2.45) is 0 Å². The van der Waals surface area contributed by atoms with Gasteiger partial charge in [-0.15, -0.1) is 0 Å². The van der Waals surface area contributed by atoms with Crippen LogP contribution in [0.25, 0.3) is 0 Å². The lowest BCUT2D eigenvalue weighted by Crippen LogP contribution is -2.56. The average Bonchev–Trinajstić information content (AvgIpc) is 2.37. The van der Waals surface area contributed by atoms with E-state index in [-0.39, 0.29) is 12.6 Å². The van der Waals surface area contributed by atoms with Gasteiger partial charge in [0.15, 0.2) is 0 Å². The summed E-state index contributed by atoms with van der Waals surface area (Å²) in [5.41, 5.74) is 0.708. The minimum Gasteiger partial charge on any atom is -0.325 e. The standard InChI is InChI=1S/C13H15F3N2O/c1-9-8-18(12(19)13(14,15)16)11(7-17-9)10-5-3-2-4-6-10/h2-6,9,11,17H,7-8H2,1H3. The van der Waals surface area contributed by atoms with E-state index in [9.17, 15) is 18.0 Å². The van der Waals surface area contributed by atoms with Gasteiger partial charge in [-0.3, -0.25) is 4.79 Å². The van der Waals surface area contributed by atoms with Gasteiger partial charge in [-0.1, -0.05) is 30.3 Å². The Morgan fingerprint density at radius 1 is 1.32 bits per heavy atom. The Morgan fingerprint density at radius 2 is 1.95 bits per heavy atom. The Bertz CT molecular complexity index is 447. The number of rotatable bonds is 1. The fraction of sp³-hybridized carbons (Fsp3) is 0.462. The molecular weight excluding hydrogens is 257 g/mol. The van der Waals surface area contributed by atoms with E-state index >= 15 is 0 Å². The van der Waals surface area contributed by atoms with Gasteiger partial charge in [0.05, 0.1) is 6.04 Å². The van der Waals surface area contributed by atoms with Crippen LogP contribution in [0, 0.1) is 0 Å². The highest BCUT2D eigenvalue weighted by atomic mass is 19.4. The molecule has 6 heteroatoms. The predicted octanol–water partition coefficient (Wildman–Crippen LogP) is 2.11. The van der Waals surface area contributed by atoms with Crippen LogP contribution < -0.4 is 5.32 Å². The van der Waals surface area contributed by atoms with Gasteiger partial charge < -0.3 is 10.2 Å². The second-order valence-corrected chi connectivity index (χ2v) is 4.69. The first-order chi connectivity index (χ1) is 8.89. The molecule has 1 aromatic rings. The van der Waals surface area contributed by atoms with E-state index in [4.69, 9.17) is 0 Å². The van der Waals surface area contributed by atoms with Crippen LogP contribution in [0.5, 0.6) is 0 Å². The molecule has 2 atom stereocenters. The van der Waals surface area contributed by atoms with Crippen LogP contribution in [-0.2, 0) is 4.79 Å². The van der Waals surface area contributed by atoms with Crippen molar-refractivity contribution >= 4 is 5.91 Å². The minimum atomic E-state index is -4.83. The van der Waals surface area contributed by atoms with Crippen LogP contribution in [0.1, 0.15) is 18.5 Å². The van der Waals surface area contributed by atoms with Crippen LogP contribution >= 0.6 is 0 Å². The van der Waals surface area contributed by atoms with E-state index < -0.39 is 18.1 Å². The van der Waals surface area contributed by atoms with Crippen molar-refractivity contribution in [3.05, 3.63) is 35.9 Å². The molecular formula is C13H15F3N2O. The van der Waals surface area contributed by atoms with Gasteiger partial charge in [-0.25, -0.2) is 0 Å². The number of carbonyl (C=O) groups excluding carboxylic acids is 1. The third kappa shape index (κ3) is 3.07. The van der Waals surface area contributed by atoms with Crippen LogP contribution in [0.2, 0.25) is 0 Å². The first-order valence-electron chi connectivity index (χ1n) is 6.05. The summed E-state index contributed by atoms with van der Waals surface area (Å²) in [5.74, 6) is -1.77. The summed E-state index contributed by atoms with van der Waals surface area (Å²) in [6, 6.07) is 8.04. The zero-order valence-electron chi connectivity index (χ0n) is 10.4. The van der Waals surface area contributed by atoms with Crippen LogP contribution in [-0.4, -0.2) is 36.1 Å². The van der Waals surface area contributed by atoms with E-state index in [1.165, 1.54) is 0 Å². The number of piperazine rings is 1. The second kappa shape index (κ2) is 5.21. The molecule has 0 aromatic heterocycles. The predicted molar refractivity (Wildman–Crippen MR) is 64.4 cm³/mol. The molecule has 0 spiro atoms. The third-order valence-electron chi connectivity index (χ3n) is 3.19. The second-order valence-electron chi connectivity index (χ2n) is 4.69. The maximum absolute atomic E-state index is 12.6. The van der Waals surface area contributed by atoms with Gasteiger partial charge in [-0.2, -0.15) is 13.2 Å². The van der Waals surface area contributed by atoms with Crippen molar-refractivity contribution < 1.29 is 18.0 Å². The fourth-order valence-corrected chi connectivity index (χ4v) is 2.27. The summed E-state index contributed by atoms with van der Waals surface area (Å²) < 4.78 is 37.9. The maximum atomic E-state index is 12.6. The molecule has 19 heavy (non-hydrogen) atoms. The highest BCUT2D eigenvalue weighted by Crippen LogP contribution is 2.28. The highest BCUT2D eigenvalue weighted by molar-refractivity contribution is 5.82. The van der Waals surface area contributed by atoms with Crippen molar-refractivity contribution in [2.75, 3.05) is 13.1 Å². The smallest absolute Gasteiger partial charge is 0.325 e. The SMILES string of the molecule is CC1CN(C(=O)C(F)(F)F)C(c2ccccc2)CN1. The van der Waals surface area contributed by atoms with Crippen LogP contribution in [0.3, 0.4) is 0 Å². The van der Waals surface area contributed by atoms with Crippen molar-refractivity contribution in [1.82, 2.24) is 10.2 Å². The number of benzene rings is 1. The molecule has 1 aromatic carbocycles. The minimum absolute atomic E-state index is 0.0535. The molecule has 104 valence electrons. The van der Waals surface area contributed by atoms with Gasteiger partial charge >= 0.3 is 12.1 Å². The molecule has 0 saturated carbocycles. The first-order valence-corrected chi connectivity index (χ1v) is 6.05. The van der Waals surface area contributed by atoms with Crippen molar-refractivity contribution in [2.45, 2.75) is 25.2 Å². The molecule has 1 N–H and O–H groups in total. The van der Waals surface area contributed by atoms with Crippen molar-refractivity contribution in [1.29, 1.82) is 0 Å². The molecule has 3 nitrogen and oxygen atoms in total. The molecule has 1 saturated heterocycles. The number of hydrogen-bond acceptors (Lipinski definition) is 2. The normalized spacial score (nSPS) is 24.3. The summed E-state index contributed by atoms with van der Waals surface area (Å²) >= 11 is 0. The molecule has 1 aliphatic rings. The largest absolute Gasteiger partial charge is 0.471 e. The van der Waals surface area contributed by atoms with Crippen LogP contribution in [0.4, 0.5) is 13.2 Å². The number of halogens is 3. The lowest BCUT2D eigenvalue weighted by Gasteiger charge is -2.39. The summed E-state index contributed by atoms with van der Waals surface area (Å²) in [4.78, 5) is 12.4. The summed E-state index contributed by atoms with van der Waals surface area (Å²) in [5, 5.41) is 3.11.